The van der Waals surface area contributed by atoms with E-state index in [-0.39, 0.29) is 35.6 Å². The normalized spacial score (nSPS) is 19.2. The van der Waals surface area contributed by atoms with Crippen LogP contribution in [0.5, 0.6) is 0 Å². The fraction of sp³-hybridized carbons (Fsp3) is 0.400. The summed E-state index contributed by atoms with van der Waals surface area (Å²) in [7, 11) is 0. The number of nitrogens with zero attached hydrogens (tertiary/aromatic N) is 3. The minimum absolute atomic E-state index is 0.00453. The van der Waals surface area contributed by atoms with Crippen LogP contribution in [0.15, 0.2) is 48.5 Å². The SMILES string of the molecule is Cc1ccc(CN2CC(C(=O)N3CCCN(C(=O)c4ccccc4F)CC3)CC2=O)cc1. The molecule has 3 amide bonds. The summed E-state index contributed by atoms with van der Waals surface area (Å²) in [6.07, 6.45) is 0.846. The number of likely N-dealkylation sites (tertiary alicyclic amines) is 1. The standard InChI is InChI=1S/C25H28FN3O3/c1-18-7-9-19(10-8-18)16-29-17-20(15-23(29)30)24(31)27-11-4-12-28(14-13-27)25(32)21-5-2-3-6-22(21)26/h2-3,5-10,20H,4,11-17H2,1H3. The molecule has 2 saturated heterocycles. The number of hydrogen-bond acceptors (Lipinski definition) is 3. The number of carbonyl (C=O) groups is 3. The van der Waals surface area contributed by atoms with Crippen molar-refractivity contribution in [2.75, 3.05) is 32.7 Å². The number of hydrogen-bond donors (Lipinski definition) is 0. The summed E-state index contributed by atoms with van der Waals surface area (Å²) in [5.74, 6) is -1.28. The molecular formula is C25H28FN3O3. The third-order valence-corrected chi connectivity index (χ3v) is 6.26. The van der Waals surface area contributed by atoms with E-state index >= 15 is 0 Å². The molecule has 2 aliphatic rings. The largest absolute Gasteiger partial charge is 0.341 e. The number of halogens is 1. The van der Waals surface area contributed by atoms with Crippen molar-refractivity contribution >= 4 is 17.7 Å². The molecular weight excluding hydrogens is 409 g/mol. The van der Waals surface area contributed by atoms with Crippen LogP contribution in [0, 0.1) is 18.7 Å². The van der Waals surface area contributed by atoms with Gasteiger partial charge >= 0.3 is 0 Å². The number of amides is 3. The Kier molecular flexibility index (Phi) is 6.53. The smallest absolute Gasteiger partial charge is 0.256 e. The summed E-state index contributed by atoms with van der Waals surface area (Å²) in [4.78, 5) is 43.5. The van der Waals surface area contributed by atoms with E-state index in [1.54, 1.807) is 26.8 Å². The minimum atomic E-state index is -0.534. The Morgan fingerprint density at radius 1 is 0.969 bits per heavy atom. The van der Waals surface area contributed by atoms with Crippen molar-refractivity contribution in [3.8, 4) is 0 Å². The molecule has 0 N–H and O–H groups in total. The first kappa shape index (κ1) is 22.0. The van der Waals surface area contributed by atoms with Crippen LogP contribution in [-0.4, -0.2) is 65.1 Å². The van der Waals surface area contributed by atoms with Gasteiger partial charge in [-0.25, -0.2) is 4.39 Å². The maximum absolute atomic E-state index is 14.0. The highest BCUT2D eigenvalue weighted by Crippen LogP contribution is 2.23. The van der Waals surface area contributed by atoms with Gasteiger partial charge in [0.2, 0.25) is 11.8 Å². The molecule has 2 aromatic rings. The third-order valence-electron chi connectivity index (χ3n) is 6.26. The van der Waals surface area contributed by atoms with Crippen molar-refractivity contribution in [3.63, 3.8) is 0 Å². The lowest BCUT2D eigenvalue weighted by molar-refractivity contribution is -0.135. The van der Waals surface area contributed by atoms with E-state index in [0.29, 0.717) is 45.7 Å². The lowest BCUT2D eigenvalue weighted by Crippen LogP contribution is -2.40. The van der Waals surface area contributed by atoms with Crippen molar-refractivity contribution in [2.45, 2.75) is 26.3 Å². The minimum Gasteiger partial charge on any atom is -0.341 e. The summed E-state index contributed by atoms with van der Waals surface area (Å²) < 4.78 is 14.0. The first-order chi connectivity index (χ1) is 15.4. The van der Waals surface area contributed by atoms with Crippen LogP contribution in [0.1, 0.15) is 34.3 Å². The van der Waals surface area contributed by atoms with E-state index in [1.165, 1.54) is 17.7 Å². The van der Waals surface area contributed by atoms with E-state index < -0.39 is 5.82 Å². The summed E-state index contributed by atoms with van der Waals surface area (Å²) in [6, 6.07) is 14.0. The Labute approximate surface area is 187 Å². The summed E-state index contributed by atoms with van der Waals surface area (Å²) in [5, 5.41) is 0. The molecule has 1 unspecified atom stereocenters. The lowest BCUT2D eigenvalue weighted by Gasteiger charge is -2.25. The number of benzene rings is 2. The van der Waals surface area contributed by atoms with Crippen molar-refractivity contribution in [3.05, 3.63) is 71.0 Å². The van der Waals surface area contributed by atoms with Crippen LogP contribution < -0.4 is 0 Å². The second-order valence-corrected chi connectivity index (χ2v) is 8.61. The molecule has 168 valence electrons. The molecule has 0 saturated carbocycles. The molecule has 2 aliphatic heterocycles. The molecule has 0 bridgehead atoms. The molecule has 2 heterocycles. The zero-order valence-corrected chi connectivity index (χ0v) is 18.3. The Balaban J connectivity index is 1.35. The molecule has 0 radical (unpaired) electrons. The average Bonchev–Trinajstić information content (AvgIpc) is 2.99. The van der Waals surface area contributed by atoms with Crippen molar-refractivity contribution in [2.24, 2.45) is 5.92 Å². The molecule has 6 nitrogen and oxygen atoms in total. The molecule has 2 fully saturated rings. The van der Waals surface area contributed by atoms with Gasteiger partial charge in [-0.1, -0.05) is 42.0 Å². The van der Waals surface area contributed by atoms with Crippen LogP contribution in [0.3, 0.4) is 0 Å². The highest BCUT2D eigenvalue weighted by molar-refractivity contribution is 5.94. The highest BCUT2D eigenvalue weighted by Gasteiger charge is 2.37. The van der Waals surface area contributed by atoms with Gasteiger partial charge < -0.3 is 14.7 Å². The van der Waals surface area contributed by atoms with Crippen LogP contribution in [0.2, 0.25) is 0 Å². The summed E-state index contributed by atoms with van der Waals surface area (Å²) in [5.41, 5.74) is 2.27. The first-order valence-electron chi connectivity index (χ1n) is 11.1. The van der Waals surface area contributed by atoms with Gasteiger partial charge in [-0.05, 0) is 31.0 Å². The van der Waals surface area contributed by atoms with Crippen LogP contribution in [0.4, 0.5) is 4.39 Å². The average molecular weight is 438 g/mol. The van der Waals surface area contributed by atoms with Crippen molar-refractivity contribution < 1.29 is 18.8 Å². The predicted molar refractivity (Wildman–Crippen MR) is 118 cm³/mol. The summed E-state index contributed by atoms with van der Waals surface area (Å²) in [6.45, 7) is 4.69. The number of rotatable bonds is 4. The molecule has 2 aromatic carbocycles. The van der Waals surface area contributed by atoms with Gasteiger partial charge in [-0.2, -0.15) is 0 Å². The third kappa shape index (κ3) is 4.82. The van der Waals surface area contributed by atoms with Crippen molar-refractivity contribution in [1.82, 2.24) is 14.7 Å². The predicted octanol–water partition coefficient (Wildman–Crippen LogP) is 2.86. The Morgan fingerprint density at radius 2 is 1.66 bits per heavy atom. The van der Waals surface area contributed by atoms with E-state index in [1.807, 2.05) is 31.2 Å². The number of carbonyl (C=O) groups excluding carboxylic acids is 3. The Bertz CT molecular complexity index is 1010. The van der Waals surface area contributed by atoms with Gasteiger partial charge in [0.15, 0.2) is 0 Å². The molecule has 0 aliphatic carbocycles. The van der Waals surface area contributed by atoms with Gasteiger partial charge in [0.1, 0.15) is 5.82 Å². The fourth-order valence-corrected chi connectivity index (χ4v) is 4.41. The van der Waals surface area contributed by atoms with Crippen LogP contribution in [0.25, 0.3) is 0 Å². The lowest BCUT2D eigenvalue weighted by atomic mass is 10.1. The van der Waals surface area contributed by atoms with E-state index in [4.69, 9.17) is 0 Å². The molecule has 7 heteroatoms. The quantitative estimate of drug-likeness (QED) is 0.739. The number of aryl methyl sites for hydroxylation is 1. The second-order valence-electron chi connectivity index (χ2n) is 8.61. The van der Waals surface area contributed by atoms with E-state index in [9.17, 15) is 18.8 Å². The zero-order chi connectivity index (χ0) is 22.7. The topological polar surface area (TPSA) is 60.9 Å². The van der Waals surface area contributed by atoms with Gasteiger partial charge in [-0.3, -0.25) is 14.4 Å². The maximum atomic E-state index is 14.0. The maximum Gasteiger partial charge on any atom is 0.256 e. The summed E-state index contributed by atoms with van der Waals surface area (Å²) >= 11 is 0. The van der Waals surface area contributed by atoms with E-state index in [2.05, 4.69) is 0 Å². The molecule has 4 rings (SSSR count). The van der Waals surface area contributed by atoms with Crippen LogP contribution in [-0.2, 0) is 16.1 Å². The molecule has 1 atom stereocenters. The Morgan fingerprint density at radius 3 is 2.41 bits per heavy atom. The fourth-order valence-electron chi connectivity index (χ4n) is 4.41. The molecule has 0 spiro atoms. The second kappa shape index (κ2) is 9.51. The van der Waals surface area contributed by atoms with Gasteiger partial charge in [0, 0.05) is 45.7 Å². The first-order valence-corrected chi connectivity index (χ1v) is 11.1. The zero-order valence-electron chi connectivity index (χ0n) is 18.3. The monoisotopic (exact) mass is 437 g/mol. The van der Waals surface area contributed by atoms with Gasteiger partial charge in [-0.15, -0.1) is 0 Å². The van der Waals surface area contributed by atoms with Crippen LogP contribution >= 0.6 is 0 Å². The molecule has 32 heavy (non-hydrogen) atoms. The highest BCUT2D eigenvalue weighted by atomic mass is 19.1. The molecule has 0 aromatic heterocycles. The van der Waals surface area contributed by atoms with Gasteiger partial charge in [0.05, 0.1) is 11.5 Å². The van der Waals surface area contributed by atoms with E-state index in [0.717, 1.165) is 5.56 Å². The van der Waals surface area contributed by atoms with Gasteiger partial charge in [0.25, 0.3) is 5.91 Å². The Hall–Kier alpha value is -3.22. The van der Waals surface area contributed by atoms with Crippen molar-refractivity contribution in [1.29, 1.82) is 0 Å².